The molecule has 5 nitrogen and oxygen atoms in total. The van der Waals surface area contributed by atoms with Gasteiger partial charge in [0.15, 0.2) is 11.3 Å². The highest BCUT2D eigenvalue weighted by Crippen LogP contribution is 2.39. The minimum absolute atomic E-state index is 0.639. The second-order valence-corrected chi connectivity index (χ2v) is 6.37. The maximum Gasteiger partial charge on any atom is 0.293 e. The Morgan fingerprint density at radius 3 is 2.82 bits per heavy atom. The van der Waals surface area contributed by atoms with Crippen LogP contribution in [0.25, 0.3) is 11.2 Å². The van der Waals surface area contributed by atoms with Gasteiger partial charge in [0, 0.05) is 12.5 Å². The number of fused-ring (bicyclic) bond motifs is 1. The lowest BCUT2D eigenvalue weighted by molar-refractivity contribution is -0.675. The van der Waals surface area contributed by atoms with Gasteiger partial charge in [-0.25, -0.2) is 4.57 Å². The third kappa shape index (κ3) is 3.39. The van der Waals surface area contributed by atoms with Crippen molar-refractivity contribution < 1.29 is 4.57 Å². The molecule has 3 rings (SSSR count). The number of hydrogen-bond acceptors (Lipinski definition) is 3. The molecule has 120 valence electrons. The molecule has 1 saturated carbocycles. The van der Waals surface area contributed by atoms with Crippen molar-refractivity contribution in [3.05, 3.63) is 12.2 Å². The monoisotopic (exact) mass is 302 g/mol. The topological polar surface area (TPSA) is 57.5 Å². The lowest BCUT2D eigenvalue weighted by atomic mass is 10.2. The molecule has 2 N–H and O–H groups in total. The summed E-state index contributed by atoms with van der Waals surface area (Å²) in [5.74, 6) is 2.74. The largest absolute Gasteiger partial charge is 0.354 e. The van der Waals surface area contributed by atoms with Crippen molar-refractivity contribution in [1.29, 1.82) is 0 Å². The lowest BCUT2D eigenvalue weighted by Gasteiger charge is -2.04. The molecule has 1 aliphatic rings. The molecule has 2 aromatic heterocycles. The molecule has 0 radical (unpaired) electrons. The first-order valence-electron chi connectivity index (χ1n) is 8.85. The van der Waals surface area contributed by atoms with Crippen molar-refractivity contribution in [2.75, 3.05) is 11.9 Å². The van der Waals surface area contributed by atoms with Gasteiger partial charge in [-0.2, -0.15) is 0 Å². The second-order valence-electron chi connectivity index (χ2n) is 6.37. The Kier molecular flexibility index (Phi) is 4.90. The number of unbranched alkanes of at least 4 members (excludes halogenated alkanes) is 3. The van der Waals surface area contributed by atoms with E-state index in [4.69, 9.17) is 4.98 Å². The van der Waals surface area contributed by atoms with E-state index >= 15 is 0 Å². The van der Waals surface area contributed by atoms with Gasteiger partial charge in [0.05, 0.1) is 6.54 Å². The summed E-state index contributed by atoms with van der Waals surface area (Å²) < 4.78 is 2.17. The zero-order valence-electron chi connectivity index (χ0n) is 13.9. The summed E-state index contributed by atoms with van der Waals surface area (Å²) in [7, 11) is 0. The van der Waals surface area contributed by atoms with Crippen LogP contribution in [0.1, 0.15) is 70.5 Å². The van der Waals surface area contributed by atoms with Gasteiger partial charge in [0.2, 0.25) is 12.1 Å². The van der Waals surface area contributed by atoms with E-state index in [0.717, 1.165) is 42.3 Å². The SMILES string of the molecule is CCCCCCNc1nc[n+](CCC)c2nc(C3CC3)[nH]c12. The zero-order chi connectivity index (χ0) is 15.4. The molecule has 0 amide bonds. The van der Waals surface area contributed by atoms with Gasteiger partial charge in [0.1, 0.15) is 0 Å². The second kappa shape index (κ2) is 7.07. The first kappa shape index (κ1) is 15.3. The number of aromatic amines is 1. The summed E-state index contributed by atoms with van der Waals surface area (Å²) in [6.45, 7) is 6.38. The smallest absolute Gasteiger partial charge is 0.293 e. The number of H-pyrrole nitrogens is 1. The molecule has 0 bridgehead atoms. The van der Waals surface area contributed by atoms with Crippen LogP contribution < -0.4 is 9.88 Å². The van der Waals surface area contributed by atoms with Gasteiger partial charge in [0.25, 0.3) is 5.65 Å². The predicted molar refractivity (Wildman–Crippen MR) is 89.0 cm³/mol. The van der Waals surface area contributed by atoms with Gasteiger partial charge in [-0.15, -0.1) is 0 Å². The van der Waals surface area contributed by atoms with Gasteiger partial charge in [-0.3, -0.25) is 0 Å². The van der Waals surface area contributed by atoms with Crippen LogP contribution in [0.4, 0.5) is 5.82 Å². The Bertz CT molecular complexity index is 615. The lowest BCUT2D eigenvalue weighted by Crippen LogP contribution is -2.35. The van der Waals surface area contributed by atoms with Crippen LogP contribution in [0, 0.1) is 0 Å². The molecule has 0 aliphatic heterocycles. The minimum Gasteiger partial charge on any atom is -0.354 e. The number of imidazole rings is 1. The fraction of sp³-hybridized carbons (Fsp3) is 0.706. The molecular weight excluding hydrogens is 274 g/mol. The van der Waals surface area contributed by atoms with E-state index in [1.807, 2.05) is 6.33 Å². The van der Waals surface area contributed by atoms with E-state index < -0.39 is 0 Å². The van der Waals surface area contributed by atoms with Crippen LogP contribution in [-0.2, 0) is 6.54 Å². The normalized spacial score (nSPS) is 14.6. The van der Waals surface area contributed by atoms with Crippen LogP contribution in [-0.4, -0.2) is 21.5 Å². The fourth-order valence-corrected chi connectivity index (χ4v) is 2.85. The van der Waals surface area contributed by atoms with Gasteiger partial charge >= 0.3 is 0 Å². The third-order valence-electron chi connectivity index (χ3n) is 4.29. The minimum atomic E-state index is 0.639. The number of rotatable bonds is 9. The van der Waals surface area contributed by atoms with Crippen molar-refractivity contribution in [1.82, 2.24) is 15.0 Å². The van der Waals surface area contributed by atoms with Crippen molar-refractivity contribution in [2.24, 2.45) is 0 Å². The summed E-state index contributed by atoms with van der Waals surface area (Å²) in [4.78, 5) is 13.0. The van der Waals surface area contributed by atoms with Gasteiger partial charge in [-0.1, -0.05) is 43.1 Å². The van der Waals surface area contributed by atoms with Crippen LogP contribution in [0.15, 0.2) is 6.33 Å². The van der Waals surface area contributed by atoms with Crippen molar-refractivity contribution in [3.63, 3.8) is 0 Å². The number of anilines is 1. The molecule has 0 spiro atoms. The number of aryl methyl sites for hydroxylation is 1. The molecule has 0 saturated heterocycles. The molecule has 0 atom stereocenters. The molecule has 5 heteroatoms. The Morgan fingerprint density at radius 2 is 2.09 bits per heavy atom. The summed E-state index contributed by atoms with van der Waals surface area (Å²) in [6, 6.07) is 0. The Labute approximate surface area is 132 Å². The Morgan fingerprint density at radius 1 is 1.23 bits per heavy atom. The van der Waals surface area contributed by atoms with Crippen LogP contribution in [0.5, 0.6) is 0 Å². The number of nitrogens with zero attached hydrogens (tertiary/aromatic N) is 3. The fourth-order valence-electron chi connectivity index (χ4n) is 2.85. The van der Waals surface area contributed by atoms with Crippen LogP contribution in [0.2, 0.25) is 0 Å². The summed E-state index contributed by atoms with van der Waals surface area (Å²) in [6.07, 6.45) is 10.6. The van der Waals surface area contributed by atoms with Crippen molar-refractivity contribution >= 4 is 17.0 Å². The average molecular weight is 302 g/mol. The standard InChI is InChI=1S/C17H27N5/c1-3-5-6-7-10-18-16-14-17(22(11-4-2)12-19-16)21-15(20-14)13-8-9-13/h12-13H,3-11H2,1-2H3,(H,18,20,21)/p+1. The van der Waals surface area contributed by atoms with E-state index in [-0.39, 0.29) is 0 Å². The van der Waals surface area contributed by atoms with E-state index in [2.05, 4.69) is 33.7 Å². The van der Waals surface area contributed by atoms with Crippen molar-refractivity contribution in [2.45, 2.75) is 71.3 Å². The van der Waals surface area contributed by atoms with Gasteiger partial charge < -0.3 is 10.3 Å². The maximum absolute atomic E-state index is 4.84. The third-order valence-corrected chi connectivity index (χ3v) is 4.29. The number of aromatic nitrogens is 4. The van der Waals surface area contributed by atoms with Gasteiger partial charge in [-0.05, 0) is 25.7 Å². The highest BCUT2D eigenvalue weighted by atomic mass is 15.2. The van der Waals surface area contributed by atoms with E-state index in [1.54, 1.807) is 0 Å². The van der Waals surface area contributed by atoms with Crippen LogP contribution >= 0.6 is 0 Å². The summed E-state index contributed by atoms with van der Waals surface area (Å²) in [5, 5.41) is 3.49. The molecule has 1 fully saturated rings. The molecule has 2 aromatic rings. The highest BCUT2D eigenvalue weighted by molar-refractivity contribution is 5.80. The van der Waals surface area contributed by atoms with Crippen molar-refractivity contribution in [3.8, 4) is 0 Å². The van der Waals surface area contributed by atoms with E-state index in [1.165, 1.54) is 38.5 Å². The predicted octanol–water partition coefficient (Wildman–Crippen LogP) is 3.53. The van der Waals surface area contributed by atoms with E-state index in [9.17, 15) is 0 Å². The number of hydrogen-bond donors (Lipinski definition) is 2. The summed E-state index contributed by atoms with van der Waals surface area (Å²) in [5.41, 5.74) is 2.13. The highest BCUT2D eigenvalue weighted by Gasteiger charge is 2.31. The Balaban J connectivity index is 1.78. The molecule has 2 heterocycles. The first-order valence-corrected chi connectivity index (χ1v) is 8.85. The Hall–Kier alpha value is -1.65. The van der Waals surface area contributed by atoms with Crippen LogP contribution in [0.3, 0.4) is 0 Å². The molecule has 0 aromatic carbocycles. The zero-order valence-corrected chi connectivity index (χ0v) is 13.9. The molecular formula is C17H28N5+. The molecule has 22 heavy (non-hydrogen) atoms. The number of nitrogens with one attached hydrogen (secondary N) is 2. The van der Waals surface area contributed by atoms with E-state index in [0.29, 0.717) is 5.92 Å². The molecule has 0 unspecified atom stereocenters. The maximum atomic E-state index is 4.84. The first-order chi connectivity index (χ1) is 10.8. The summed E-state index contributed by atoms with van der Waals surface area (Å²) >= 11 is 0. The average Bonchev–Trinajstić information content (AvgIpc) is 3.28. The molecule has 1 aliphatic carbocycles. The quantitative estimate of drug-likeness (QED) is 0.550.